The van der Waals surface area contributed by atoms with Gasteiger partial charge < -0.3 is 4.90 Å². The number of nitrogens with zero attached hydrogens (tertiary/aromatic N) is 2. The third-order valence-electron chi connectivity index (χ3n) is 5.53. The van der Waals surface area contributed by atoms with E-state index < -0.39 is 10.0 Å². The van der Waals surface area contributed by atoms with Crippen LogP contribution in [-0.2, 0) is 16.6 Å². The van der Waals surface area contributed by atoms with E-state index >= 15 is 0 Å². The summed E-state index contributed by atoms with van der Waals surface area (Å²) in [6.45, 7) is 3.23. The summed E-state index contributed by atoms with van der Waals surface area (Å²) in [6, 6.07) is 18.9. The van der Waals surface area contributed by atoms with Gasteiger partial charge in [-0.05, 0) is 35.9 Å². The van der Waals surface area contributed by atoms with E-state index in [1.807, 2.05) is 18.2 Å². The van der Waals surface area contributed by atoms with Crippen molar-refractivity contribution >= 4 is 56.4 Å². The van der Waals surface area contributed by atoms with Gasteiger partial charge in [0.05, 0.1) is 21.3 Å². The van der Waals surface area contributed by atoms with Crippen molar-refractivity contribution in [1.82, 2.24) is 9.80 Å². The van der Waals surface area contributed by atoms with Crippen molar-refractivity contribution in [3.8, 4) is 0 Å². The minimum Gasteiger partial charge on any atom is -0.336 e. The molecule has 0 radical (unpaired) electrons. The number of hydrogen-bond donors (Lipinski definition) is 1. The lowest BCUT2D eigenvalue weighted by Gasteiger charge is -2.35. The Morgan fingerprint density at radius 3 is 2.24 bits per heavy atom. The number of anilines is 1. The lowest BCUT2D eigenvalue weighted by molar-refractivity contribution is 0.0628. The number of hydrogen-bond acceptors (Lipinski definition) is 4. The number of piperazine rings is 1. The standard InChI is InChI=1S/C24H22Cl3N3O3S/c25-18-7-4-8-19(13-18)28-34(32,33)23-14-20(21(26)15-22(23)27)24(31)30-11-9-29(10-12-30)16-17-5-2-1-3-6-17/h1-8,13-15,28H,9-12,16H2. The smallest absolute Gasteiger partial charge is 0.263 e. The maximum absolute atomic E-state index is 13.2. The zero-order valence-electron chi connectivity index (χ0n) is 18.0. The minimum absolute atomic E-state index is 0.0799. The van der Waals surface area contributed by atoms with Crippen LogP contribution in [0.2, 0.25) is 15.1 Å². The molecule has 4 rings (SSSR count). The molecule has 0 spiro atoms. The van der Waals surface area contributed by atoms with Crippen molar-refractivity contribution in [3.63, 3.8) is 0 Å². The number of amides is 1. The summed E-state index contributed by atoms with van der Waals surface area (Å²) in [4.78, 5) is 16.9. The lowest BCUT2D eigenvalue weighted by atomic mass is 10.1. The van der Waals surface area contributed by atoms with Gasteiger partial charge in [0.25, 0.3) is 15.9 Å². The van der Waals surface area contributed by atoms with Gasteiger partial charge in [0.2, 0.25) is 0 Å². The molecular weight excluding hydrogens is 517 g/mol. The van der Waals surface area contributed by atoms with E-state index in [2.05, 4.69) is 21.8 Å². The van der Waals surface area contributed by atoms with E-state index in [9.17, 15) is 13.2 Å². The van der Waals surface area contributed by atoms with Crippen LogP contribution in [0, 0.1) is 0 Å². The second-order valence-corrected chi connectivity index (χ2v) is 10.8. The predicted molar refractivity (Wildman–Crippen MR) is 136 cm³/mol. The molecule has 10 heteroatoms. The Kier molecular flexibility index (Phi) is 7.70. The Labute approximate surface area is 214 Å². The van der Waals surface area contributed by atoms with Gasteiger partial charge >= 0.3 is 0 Å². The third-order valence-corrected chi connectivity index (χ3v) is 7.92. The highest BCUT2D eigenvalue weighted by Gasteiger charge is 2.27. The molecule has 1 amide bonds. The minimum atomic E-state index is -4.09. The van der Waals surface area contributed by atoms with Gasteiger partial charge in [0.15, 0.2) is 0 Å². The van der Waals surface area contributed by atoms with Gasteiger partial charge in [0, 0.05) is 37.7 Å². The lowest BCUT2D eigenvalue weighted by Crippen LogP contribution is -2.48. The first-order valence-corrected chi connectivity index (χ1v) is 13.2. The number of nitrogens with one attached hydrogen (secondary N) is 1. The third kappa shape index (κ3) is 5.85. The van der Waals surface area contributed by atoms with Gasteiger partial charge in [-0.2, -0.15) is 0 Å². The largest absolute Gasteiger partial charge is 0.336 e. The average molecular weight is 539 g/mol. The Morgan fingerprint density at radius 2 is 1.56 bits per heavy atom. The van der Waals surface area contributed by atoms with Gasteiger partial charge in [-0.25, -0.2) is 8.42 Å². The number of carbonyl (C=O) groups is 1. The first-order chi connectivity index (χ1) is 16.2. The van der Waals surface area contributed by atoms with Crippen molar-refractivity contribution in [2.24, 2.45) is 0 Å². The molecule has 178 valence electrons. The van der Waals surface area contributed by atoms with Crippen LogP contribution in [0.3, 0.4) is 0 Å². The maximum Gasteiger partial charge on any atom is 0.263 e. The summed E-state index contributed by atoms with van der Waals surface area (Å²) < 4.78 is 28.4. The van der Waals surface area contributed by atoms with Gasteiger partial charge in [-0.15, -0.1) is 0 Å². The first kappa shape index (κ1) is 24.8. The molecule has 1 N–H and O–H groups in total. The quantitative estimate of drug-likeness (QED) is 0.456. The second-order valence-electron chi connectivity index (χ2n) is 7.93. The van der Waals surface area contributed by atoms with Crippen LogP contribution in [0.15, 0.2) is 71.6 Å². The second kappa shape index (κ2) is 10.5. The highest BCUT2D eigenvalue weighted by molar-refractivity contribution is 7.92. The van der Waals surface area contributed by atoms with Gasteiger partial charge in [0.1, 0.15) is 4.90 Å². The zero-order chi connectivity index (χ0) is 24.3. The highest BCUT2D eigenvalue weighted by atomic mass is 35.5. The van der Waals surface area contributed by atoms with Crippen molar-refractivity contribution in [2.45, 2.75) is 11.4 Å². The summed E-state index contributed by atoms with van der Waals surface area (Å²) in [6.07, 6.45) is 0. The van der Waals surface area contributed by atoms with Crippen LogP contribution >= 0.6 is 34.8 Å². The maximum atomic E-state index is 13.2. The van der Waals surface area contributed by atoms with Crippen LogP contribution < -0.4 is 4.72 Å². The van der Waals surface area contributed by atoms with E-state index in [4.69, 9.17) is 34.8 Å². The zero-order valence-corrected chi connectivity index (χ0v) is 21.1. The van der Waals surface area contributed by atoms with Crippen LogP contribution in [-0.4, -0.2) is 50.3 Å². The Bertz CT molecular complexity index is 1300. The van der Waals surface area contributed by atoms with E-state index in [0.29, 0.717) is 31.2 Å². The topological polar surface area (TPSA) is 69.7 Å². The molecule has 1 saturated heterocycles. The molecule has 0 aliphatic carbocycles. The molecular formula is C24H22Cl3N3O3S. The molecule has 1 heterocycles. The summed E-state index contributed by atoms with van der Waals surface area (Å²) in [5, 5.41) is 0.400. The van der Waals surface area contributed by atoms with Crippen LogP contribution in [0.5, 0.6) is 0 Å². The van der Waals surface area contributed by atoms with E-state index in [1.54, 1.807) is 23.1 Å². The first-order valence-electron chi connectivity index (χ1n) is 10.6. The van der Waals surface area contributed by atoms with Crippen molar-refractivity contribution < 1.29 is 13.2 Å². The SMILES string of the molecule is O=C(c1cc(S(=O)(=O)Nc2cccc(Cl)c2)c(Cl)cc1Cl)N1CCN(Cc2ccccc2)CC1. The van der Waals surface area contributed by atoms with Crippen molar-refractivity contribution in [3.05, 3.63) is 92.9 Å². The molecule has 3 aromatic rings. The fourth-order valence-corrected chi connectivity index (χ4v) is 5.88. The van der Waals surface area contributed by atoms with E-state index in [1.165, 1.54) is 23.8 Å². The van der Waals surface area contributed by atoms with Crippen molar-refractivity contribution in [1.29, 1.82) is 0 Å². The van der Waals surface area contributed by atoms with E-state index in [-0.39, 0.29) is 32.1 Å². The Balaban J connectivity index is 1.50. The molecule has 3 aromatic carbocycles. The van der Waals surface area contributed by atoms with E-state index in [0.717, 1.165) is 6.54 Å². The number of benzene rings is 3. The number of rotatable bonds is 6. The molecule has 1 aliphatic rings. The summed E-state index contributed by atoms with van der Waals surface area (Å²) in [7, 11) is -4.09. The monoisotopic (exact) mass is 537 g/mol. The molecule has 0 atom stereocenters. The number of halogens is 3. The molecule has 1 aliphatic heterocycles. The van der Waals surface area contributed by atoms with Gasteiger partial charge in [-0.3, -0.25) is 14.4 Å². The fourth-order valence-electron chi connectivity index (χ4n) is 3.78. The molecule has 34 heavy (non-hydrogen) atoms. The highest BCUT2D eigenvalue weighted by Crippen LogP contribution is 2.31. The normalized spacial score (nSPS) is 14.7. The summed E-state index contributed by atoms with van der Waals surface area (Å²) in [5.41, 5.74) is 1.58. The van der Waals surface area contributed by atoms with Crippen LogP contribution in [0.25, 0.3) is 0 Å². The number of carbonyl (C=O) groups excluding carboxylic acids is 1. The predicted octanol–water partition coefficient (Wildman–Crippen LogP) is 5.41. The average Bonchev–Trinajstić information content (AvgIpc) is 2.79. The molecule has 0 aromatic heterocycles. The molecule has 0 saturated carbocycles. The summed E-state index contributed by atoms with van der Waals surface area (Å²) in [5.74, 6) is -0.333. The number of sulfonamides is 1. The molecule has 1 fully saturated rings. The fraction of sp³-hybridized carbons (Fsp3) is 0.208. The van der Waals surface area contributed by atoms with Crippen LogP contribution in [0.4, 0.5) is 5.69 Å². The molecule has 6 nitrogen and oxygen atoms in total. The Morgan fingerprint density at radius 1 is 0.853 bits per heavy atom. The summed E-state index contributed by atoms with van der Waals surface area (Å²) >= 11 is 18.5. The van der Waals surface area contributed by atoms with Gasteiger partial charge in [-0.1, -0.05) is 71.2 Å². The molecule has 0 bridgehead atoms. The molecule has 0 unspecified atom stereocenters. The van der Waals surface area contributed by atoms with Crippen LogP contribution in [0.1, 0.15) is 15.9 Å². The Hall–Kier alpha value is -2.29. The van der Waals surface area contributed by atoms with Crippen molar-refractivity contribution in [2.75, 3.05) is 30.9 Å².